The molecule has 1 amide bonds. The van der Waals surface area contributed by atoms with E-state index in [1.54, 1.807) is 18.5 Å². The molecule has 3 nitrogen and oxygen atoms in total. The van der Waals surface area contributed by atoms with Crippen molar-refractivity contribution in [3.05, 3.63) is 28.5 Å². The molecule has 98 valence electrons. The average molecular weight is 311 g/mol. The van der Waals surface area contributed by atoms with Crippen LogP contribution in [0.15, 0.2) is 22.9 Å². The molecule has 0 aromatic carbocycles. The first-order valence-corrected chi connectivity index (χ1v) is 7.33. The van der Waals surface area contributed by atoms with Gasteiger partial charge in [0.25, 0.3) is 5.91 Å². The van der Waals surface area contributed by atoms with Crippen molar-refractivity contribution in [1.82, 2.24) is 10.3 Å². The van der Waals surface area contributed by atoms with E-state index in [1.165, 1.54) is 25.7 Å². The lowest BCUT2D eigenvalue weighted by Gasteiger charge is -2.26. The van der Waals surface area contributed by atoms with E-state index in [0.29, 0.717) is 11.5 Å². The Labute approximate surface area is 117 Å². The highest BCUT2D eigenvalue weighted by Gasteiger charge is 2.19. The molecule has 2 atom stereocenters. The fourth-order valence-corrected chi connectivity index (χ4v) is 2.99. The summed E-state index contributed by atoms with van der Waals surface area (Å²) in [5, 5.41) is 3.02. The van der Waals surface area contributed by atoms with E-state index in [9.17, 15) is 4.79 Å². The molecule has 1 saturated carbocycles. The summed E-state index contributed by atoms with van der Waals surface area (Å²) in [5.41, 5.74) is 0.619. The molecule has 0 radical (unpaired) electrons. The third-order valence-corrected chi connectivity index (χ3v) is 4.00. The number of pyridine rings is 1. The Morgan fingerprint density at radius 1 is 1.50 bits per heavy atom. The van der Waals surface area contributed by atoms with Crippen LogP contribution in [0.2, 0.25) is 0 Å². The topological polar surface area (TPSA) is 42.0 Å². The van der Waals surface area contributed by atoms with Gasteiger partial charge in [0.2, 0.25) is 0 Å². The van der Waals surface area contributed by atoms with Crippen molar-refractivity contribution in [3.63, 3.8) is 0 Å². The molecule has 0 spiro atoms. The third kappa shape index (κ3) is 3.80. The maximum absolute atomic E-state index is 11.9. The second-order valence-electron chi connectivity index (χ2n) is 5.24. The fourth-order valence-electron chi connectivity index (χ4n) is 2.62. The van der Waals surface area contributed by atoms with Crippen molar-refractivity contribution >= 4 is 21.8 Å². The van der Waals surface area contributed by atoms with Crippen LogP contribution in [0, 0.1) is 11.8 Å². The fraction of sp³-hybridized carbons (Fsp3) is 0.571. The quantitative estimate of drug-likeness (QED) is 0.929. The number of nitrogens with zero attached hydrogens (tertiary/aromatic N) is 1. The second kappa shape index (κ2) is 6.32. The number of hydrogen-bond donors (Lipinski definition) is 1. The van der Waals surface area contributed by atoms with Crippen LogP contribution in [0.5, 0.6) is 0 Å². The Hall–Kier alpha value is -0.900. The molecule has 2 rings (SSSR count). The third-order valence-electron chi connectivity index (χ3n) is 3.56. The zero-order chi connectivity index (χ0) is 13.0. The lowest BCUT2D eigenvalue weighted by molar-refractivity contribution is 0.0940. The summed E-state index contributed by atoms with van der Waals surface area (Å²) < 4.78 is 0.835. The molecule has 0 saturated heterocycles. The molecule has 1 N–H and O–H groups in total. The Bertz CT molecular complexity index is 422. The van der Waals surface area contributed by atoms with E-state index in [4.69, 9.17) is 0 Å². The van der Waals surface area contributed by atoms with Crippen LogP contribution in [0.3, 0.4) is 0 Å². The van der Waals surface area contributed by atoms with Gasteiger partial charge in [-0.2, -0.15) is 0 Å². The lowest BCUT2D eigenvalue weighted by Crippen LogP contribution is -2.31. The maximum Gasteiger partial charge on any atom is 0.252 e. The van der Waals surface area contributed by atoms with E-state index in [2.05, 4.69) is 33.2 Å². The van der Waals surface area contributed by atoms with Crippen LogP contribution < -0.4 is 5.32 Å². The molecule has 1 fully saturated rings. The summed E-state index contributed by atoms with van der Waals surface area (Å²) in [4.78, 5) is 16.0. The van der Waals surface area contributed by atoms with Gasteiger partial charge in [-0.05, 0) is 46.7 Å². The van der Waals surface area contributed by atoms with Gasteiger partial charge in [0.05, 0.1) is 5.56 Å². The second-order valence-corrected chi connectivity index (χ2v) is 6.16. The van der Waals surface area contributed by atoms with E-state index in [0.717, 1.165) is 16.9 Å². The first kappa shape index (κ1) is 13.5. The molecule has 2 unspecified atom stereocenters. The van der Waals surface area contributed by atoms with Crippen LogP contribution >= 0.6 is 15.9 Å². The number of aromatic nitrogens is 1. The standard InChI is InChI=1S/C14H19BrN2O/c1-10-3-2-4-11(5-10)7-17-14(18)12-6-13(15)9-16-8-12/h6,8-11H,2-5,7H2,1H3,(H,17,18). The molecule has 4 heteroatoms. The Balaban J connectivity index is 1.84. The molecular weight excluding hydrogens is 292 g/mol. The Kier molecular flexibility index (Phi) is 4.75. The average Bonchev–Trinajstić information content (AvgIpc) is 2.36. The molecule has 0 aliphatic heterocycles. The van der Waals surface area contributed by atoms with E-state index >= 15 is 0 Å². The molecule has 0 bridgehead atoms. The van der Waals surface area contributed by atoms with Crippen molar-refractivity contribution in [2.45, 2.75) is 32.6 Å². The minimum atomic E-state index is -0.0259. The summed E-state index contributed by atoms with van der Waals surface area (Å²) >= 11 is 3.32. The van der Waals surface area contributed by atoms with Gasteiger partial charge in [-0.15, -0.1) is 0 Å². The molecule has 18 heavy (non-hydrogen) atoms. The summed E-state index contributed by atoms with van der Waals surface area (Å²) in [6.45, 7) is 3.09. The largest absolute Gasteiger partial charge is 0.352 e. The highest BCUT2D eigenvalue weighted by molar-refractivity contribution is 9.10. The highest BCUT2D eigenvalue weighted by Crippen LogP contribution is 2.27. The minimum absolute atomic E-state index is 0.0259. The summed E-state index contributed by atoms with van der Waals surface area (Å²) in [5.74, 6) is 1.41. The predicted octanol–water partition coefficient (Wildman–Crippen LogP) is 3.40. The van der Waals surface area contributed by atoms with Gasteiger partial charge in [-0.25, -0.2) is 0 Å². The molecule has 1 heterocycles. The van der Waals surface area contributed by atoms with E-state index in [-0.39, 0.29) is 5.91 Å². The van der Waals surface area contributed by atoms with Gasteiger partial charge in [0, 0.05) is 23.4 Å². The van der Waals surface area contributed by atoms with Gasteiger partial charge < -0.3 is 5.32 Å². The number of carbonyl (C=O) groups excluding carboxylic acids is 1. The maximum atomic E-state index is 11.9. The van der Waals surface area contributed by atoms with Gasteiger partial charge in [-0.3, -0.25) is 9.78 Å². The van der Waals surface area contributed by atoms with Crippen molar-refractivity contribution in [3.8, 4) is 0 Å². The normalized spacial score (nSPS) is 23.7. The molecule has 1 aromatic rings. The number of amides is 1. The molecular formula is C14H19BrN2O. The number of halogens is 1. The van der Waals surface area contributed by atoms with Gasteiger partial charge in [0.15, 0.2) is 0 Å². The summed E-state index contributed by atoms with van der Waals surface area (Å²) in [7, 11) is 0. The monoisotopic (exact) mass is 310 g/mol. The summed E-state index contributed by atoms with van der Waals surface area (Å²) in [6.07, 6.45) is 8.38. The van der Waals surface area contributed by atoms with Gasteiger partial charge in [-0.1, -0.05) is 19.8 Å². The minimum Gasteiger partial charge on any atom is -0.352 e. The number of carbonyl (C=O) groups is 1. The zero-order valence-corrected chi connectivity index (χ0v) is 12.2. The van der Waals surface area contributed by atoms with Crippen molar-refractivity contribution in [1.29, 1.82) is 0 Å². The first-order chi connectivity index (χ1) is 8.65. The number of rotatable bonds is 3. The van der Waals surface area contributed by atoms with Crippen molar-refractivity contribution in [2.24, 2.45) is 11.8 Å². The highest BCUT2D eigenvalue weighted by atomic mass is 79.9. The smallest absolute Gasteiger partial charge is 0.252 e. The zero-order valence-electron chi connectivity index (χ0n) is 10.7. The van der Waals surface area contributed by atoms with E-state index in [1.807, 2.05) is 0 Å². The van der Waals surface area contributed by atoms with E-state index < -0.39 is 0 Å². The molecule has 1 aliphatic rings. The van der Waals surface area contributed by atoms with Crippen LogP contribution in [0.25, 0.3) is 0 Å². The van der Waals surface area contributed by atoms with Crippen molar-refractivity contribution < 1.29 is 4.79 Å². The Morgan fingerprint density at radius 3 is 3.06 bits per heavy atom. The van der Waals surface area contributed by atoms with Crippen LogP contribution in [0.4, 0.5) is 0 Å². The number of nitrogens with one attached hydrogen (secondary N) is 1. The van der Waals surface area contributed by atoms with Crippen LogP contribution in [-0.4, -0.2) is 17.4 Å². The number of hydrogen-bond acceptors (Lipinski definition) is 2. The Morgan fingerprint density at radius 2 is 2.33 bits per heavy atom. The van der Waals surface area contributed by atoms with Crippen LogP contribution in [0.1, 0.15) is 43.0 Å². The van der Waals surface area contributed by atoms with Gasteiger partial charge in [0.1, 0.15) is 0 Å². The van der Waals surface area contributed by atoms with Gasteiger partial charge >= 0.3 is 0 Å². The lowest BCUT2D eigenvalue weighted by atomic mass is 9.82. The molecule has 1 aliphatic carbocycles. The molecule has 1 aromatic heterocycles. The predicted molar refractivity (Wildman–Crippen MR) is 75.4 cm³/mol. The first-order valence-electron chi connectivity index (χ1n) is 6.54. The van der Waals surface area contributed by atoms with Crippen molar-refractivity contribution in [2.75, 3.05) is 6.54 Å². The van der Waals surface area contributed by atoms with Crippen LogP contribution in [-0.2, 0) is 0 Å². The SMILES string of the molecule is CC1CCCC(CNC(=O)c2cncc(Br)c2)C1. The summed E-state index contributed by atoms with van der Waals surface area (Å²) in [6, 6.07) is 1.80.